The van der Waals surface area contributed by atoms with Gasteiger partial charge in [0.15, 0.2) is 9.84 Å². The minimum atomic E-state index is -3.20. The first-order chi connectivity index (χ1) is 6.97. The SMILES string of the molecule is CS(=O)(=O)c1cnn(-c2nc(Br)cs2)c1. The molecule has 2 rings (SSSR count). The Hall–Kier alpha value is -0.730. The number of rotatable bonds is 2. The lowest BCUT2D eigenvalue weighted by molar-refractivity contribution is 0.602. The molecule has 0 aromatic carbocycles. The van der Waals surface area contributed by atoms with Gasteiger partial charge in [-0.2, -0.15) is 5.10 Å². The highest BCUT2D eigenvalue weighted by molar-refractivity contribution is 9.10. The molecule has 0 amide bonds. The Labute approximate surface area is 98.8 Å². The lowest BCUT2D eigenvalue weighted by Crippen LogP contribution is -1.95. The molecular formula is C7H6BrN3O2S2. The molecule has 2 heterocycles. The van der Waals surface area contributed by atoms with Crippen LogP contribution >= 0.6 is 27.3 Å². The van der Waals surface area contributed by atoms with Gasteiger partial charge in [-0.3, -0.25) is 0 Å². The van der Waals surface area contributed by atoms with Crippen LogP contribution in [0.3, 0.4) is 0 Å². The van der Waals surface area contributed by atoms with Crippen LogP contribution in [0.1, 0.15) is 0 Å². The number of hydrogen-bond acceptors (Lipinski definition) is 5. The summed E-state index contributed by atoms with van der Waals surface area (Å²) in [6, 6.07) is 0. The zero-order valence-electron chi connectivity index (χ0n) is 7.58. The highest BCUT2D eigenvalue weighted by Crippen LogP contribution is 2.19. The van der Waals surface area contributed by atoms with Crippen molar-refractivity contribution in [2.75, 3.05) is 6.26 Å². The highest BCUT2D eigenvalue weighted by atomic mass is 79.9. The molecule has 0 N–H and O–H groups in total. The second-order valence-corrected chi connectivity index (χ2v) is 6.51. The lowest BCUT2D eigenvalue weighted by atomic mass is 10.7. The van der Waals surface area contributed by atoms with Crippen LogP contribution in [0, 0.1) is 0 Å². The highest BCUT2D eigenvalue weighted by Gasteiger charge is 2.11. The number of nitrogens with zero attached hydrogens (tertiary/aromatic N) is 3. The average molecular weight is 308 g/mol. The predicted molar refractivity (Wildman–Crippen MR) is 60.0 cm³/mol. The average Bonchev–Trinajstić information content (AvgIpc) is 2.69. The van der Waals surface area contributed by atoms with Gasteiger partial charge in [0.05, 0.1) is 12.4 Å². The molecule has 0 atom stereocenters. The molecule has 15 heavy (non-hydrogen) atoms. The first-order valence-corrected chi connectivity index (χ1v) is 7.39. The van der Waals surface area contributed by atoms with E-state index in [0.29, 0.717) is 9.73 Å². The van der Waals surface area contributed by atoms with Crippen molar-refractivity contribution in [3.63, 3.8) is 0 Å². The summed E-state index contributed by atoms with van der Waals surface area (Å²) in [5, 5.41) is 6.36. The largest absolute Gasteiger partial charge is 0.224 e. The Kier molecular flexibility index (Phi) is 2.65. The molecule has 0 aliphatic heterocycles. The van der Waals surface area contributed by atoms with Crippen molar-refractivity contribution in [3.8, 4) is 5.13 Å². The van der Waals surface area contributed by atoms with Gasteiger partial charge in [-0.1, -0.05) is 0 Å². The molecule has 0 radical (unpaired) electrons. The third kappa shape index (κ3) is 2.27. The van der Waals surface area contributed by atoms with Crippen molar-refractivity contribution >= 4 is 37.1 Å². The fourth-order valence-electron chi connectivity index (χ4n) is 0.953. The standard InChI is InChI=1S/C7H6BrN3O2S2/c1-15(12,13)5-2-9-11(3-5)7-10-6(8)4-14-7/h2-4H,1H3. The van der Waals surface area contributed by atoms with E-state index in [-0.39, 0.29) is 4.90 Å². The van der Waals surface area contributed by atoms with Crippen molar-refractivity contribution < 1.29 is 8.42 Å². The van der Waals surface area contributed by atoms with Crippen LogP contribution in [-0.2, 0) is 9.84 Å². The molecule has 0 saturated heterocycles. The number of sulfone groups is 1. The Balaban J connectivity index is 2.44. The molecule has 0 aliphatic rings. The summed E-state index contributed by atoms with van der Waals surface area (Å²) in [5.41, 5.74) is 0. The summed E-state index contributed by atoms with van der Waals surface area (Å²) < 4.78 is 24.5. The summed E-state index contributed by atoms with van der Waals surface area (Å²) in [7, 11) is -3.20. The molecule has 0 spiro atoms. The second-order valence-electron chi connectivity index (χ2n) is 2.85. The van der Waals surface area contributed by atoms with E-state index in [2.05, 4.69) is 26.0 Å². The van der Waals surface area contributed by atoms with Crippen LogP contribution in [0.15, 0.2) is 27.3 Å². The Morgan fingerprint density at radius 2 is 2.27 bits per heavy atom. The van der Waals surface area contributed by atoms with Crippen LogP contribution in [0.2, 0.25) is 0 Å². The predicted octanol–water partition coefficient (Wildman–Crippen LogP) is 1.49. The van der Waals surface area contributed by atoms with Crippen LogP contribution in [0.4, 0.5) is 0 Å². The van der Waals surface area contributed by atoms with Crippen molar-refractivity contribution in [2.45, 2.75) is 4.90 Å². The zero-order valence-corrected chi connectivity index (χ0v) is 10.8. The topological polar surface area (TPSA) is 64.8 Å². The minimum Gasteiger partial charge on any atom is -0.224 e. The van der Waals surface area contributed by atoms with Gasteiger partial charge in [0.1, 0.15) is 9.50 Å². The Morgan fingerprint density at radius 1 is 1.53 bits per heavy atom. The third-order valence-corrected chi connectivity index (χ3v) is 4.25. The quantitative estimate of drug-likeness (QED) is 0.843. The first kappa shape index (κ1) is 10.8. The van der Waals surface area contributed by atoms with Gasteiger partial charge in [0.2, 0.25) is 5.13 Å². The van der Waals surface area contributed by atoms with Gasteiger partial charge in [-0.05, 0) is 15.9 Å². The van der Waals surface area contributed by atoms with Gasteiger partial charge in [-0.25, -0.2) is 18.1 Å². The maximum absolute atomic E-state index is 11.2. The van der Waals surface area contributed by atoms with Crippen molar-refractivity contribution in [1.82, 2.24) is 14.8 Å². The van der Waals surface area contributed by atoms with E-state index >= 15 is 0 Å². The molecule has 0 bridgehead atoms. The monoisotopic (exact) mass is 307 g/mol. The Morgan fingerprint density at radius 3 is 2.73 bits per heavy atom. The molecular weight excluding hydrogens is 302 g/mol. The summed E-state index contributed by atoms with van der Waals surface area (Å²) in [6.07, 6.45) is 3.90. The van der Waals surface area contributed by atoms with E-state index in [0.717, 1.165) is 6.26 Å². The minimum absolute atomic E-state index is 0.189. The molecule has 0 aliphatic carbocycles. The van der Waals surface area contributed by atoms with E-state index in [1.165, 1.54) is 28.4 Å². The van der Waals surface area contributed by atoms with E-state index in [1.807, 2.05) is 0 Å². The third-order valence-electron chi connectivity index (χ3n) is 1.65. The summed E-state index contributed by atoms with van der Waals surface area (Å²) in [5.74, 6) is 0. The molecule has 8 heteroatoms. The number of hydrogen-bond donors (Lipinski definition) is 0. The maximum Gasteiger partial charge on any atom is 0.211 e. The van der Waals surface area contributed by atoms with Gasteiger partial charge in [0.25, 0.3) is 0 Å². The smallest absolute Gasteiger partial charge is 0.211 e. The fourth-order valence-corrected chi connectivity index (χ4v) is 2.66. The van der Waals surface area contributed by atoms with Crippen LogP contribution in [0.25, 0.3) is 5.13 Å². The molecule has 80 valence electrons. The van der Waals surface area contributed by atoms with Crippen LogP contribution in [0.5, 0.6) is 0 Å². The van der Waals surface area contributed by atoms with Crippen LogP contribution < -0.4 is 0 Å². The van der Waals surface area contributed by atoms with Crippen LogP contribution in [-0.4, -0.2) is 29.4 Å². The van der Waals surface area contributed by atoms with Crippen molar-refractivity contribution in [2.24, 2.45) is 0 Å². The molecule has 0 saturated carbocycles. The van der Waals surface area contributed by atoms with E-state index in [9.17, 15) is 8.42 Å². The van der Waals surface area contributed by atoms with Gasteiger partial charge < -0.3 is 0 Å². The first-order valence-electron chi connectivity index (χ1n) is 3.83. The summed E-state index contributed by atoms with van der Waals surface area (Å²) in [4.78, 5) is 4.31. The number of halogens is 1. The van der Waals surface area contributed by atoms with E-state index in [4.69, 9.17) is 0 Å². The van der Waals surface area contributed by atoms with Gasteiger partial charge in [0, 0.05) is 11.6 Å². The zero-order chi connectivity index (χ0) is 11.1. The molecule has 2 aromatic rings. The Bertz CT molecular complexity index is 587. The molecule has 2 aromatic heterocycles. The van der Waals surface area contributed by atoms with E-state index < -0.39 is 9.84 Å². The number of aromatic nitrogens is 3. The van der Waals surface area contributed by atoms with Gasteiger partial charge in [-0.15, -0.1) is 11.3 Å². The summed E-state index contributed by atoms with van der Waals surface area (Å²) in [6.45, 7) is 0. The maximum atomic E-state index is 11.2. The fraction of sp³-hybridized carbons (Fsp3) is 0.143. The lowest BCUT2D eigenvalue weighted by Gasteiger charge is -1.92. The second kappa shape index (κ2) is 3.69. The van der Waals surface area contributed by atoms with Gasteiger partial charge >= 0.3 is 0 Å². The summed E-state index contributed by atoms with van der Waals surface area (Å²) >= 11 is 4.59. The normalized spacial score (nSPS) is 11.9. The van der Waals surface area contributed by atoms with Crippen molar-refractivity contribution in [1.29, 1.82) is 0 Å². The molecule has 0 fully saturated rings. The molecule has 5 nitrogen and oxygen atoms in total. The van der Waals surface area contributed by atoms with E-state index in [1.54, 1.807) is 5.38 Å². The molecule has 0 unspecified atom stereocenters. The van der Waals surface area contributed by atoms with Crippen molar-refractivity contribution in [3.05, 3.63) is 22.4 Å². The number of thiazole rings is 1.